The van der Waals surface area contributed by atoms with E-state index in [1.807, 2.05) is 0 Å². The molecule has 1 saturated heterocycles. The molecule has 1 aromatic rings. The summed E-state index contributed by atoms with van der Waals surface area (Å²) in [7, 11) is 0. The highest BCUT2D eigenvalue weighted by molar-refractivity contribution is 6.23. The fourth-order valence-corrected chi connectivity index (χ4v) is 3.35. The minimum atomic E-state index is -0.952. The first kappa shape index (κ1) is 20.1. The van der Waals surface area contributed by atoms with Crippen LogP contribution in [0.15, 0.2) is 18.2 Å². The van der Waals surface area contributed by atoms with Crippen molar-refractivity contribution in [3.8, 4) is 0 Å². The smallest absolute Gasteiger partial charge is 0.262 e. The van der Waals surface area contributed by atoms with Gasteiger partial charge in [-0.05, 0) is 31.0 Å². The van der Waals surface area contributed by atoms with Gasteiger partial charge in [0.15, 0.2) is 0 Å². The van der Waals surface area contributed by atoms with Gasteiger partial charge < -0.3 is 15.7 Å². The number of hydrogen-bond acceptors (Lipinski definition) is 7. The van der Waals surface area contributed by atoms with E-state index in [2.05, 4.69) is 16.0 Å². The van der Waals surface area contributed by atoms with Crippen LogP contribution >= 0.6 is 0 Å². The number of carbonyl (C=O) groups excluding carboxylic acids is 4. The molecule has 1 aromatic carbocycles. The Kier molecular flexibility index (Phi) is 6.18. The molecular weight excluding hydrogens is 364 g/mol. The number of aliphatic hydroxyl groups is 1. The zero-order valence-corrected chi connectivity index (χ0v) is 15.7. The van der Waals surface area contributed by atoms with Crippen LogP contribution in [0.2, 0.25) is 0 Å². The monoisotopic (exact) mass is 388 g/mol. The summed E-state index contributed by atoms with van der Waals surface area (Å²) in [6.45, 7) is 4.12. The molecule has 0 spiro atoms. The van der Waals surface area contributed by atoms with E-state index in [0.29, 0.717) is 26.2 Å². The highest BCUT2D eigenvalue weighted by atomic mass is 16.3. The summed E-state index contributed by atoms with van der Waals surface area (Å²) in [5, 5.41) is 17.7. The van der Waals surface area contributed by atoms with Gasteiger partial charge in [0.1, 0.15) is 6.04 Å². The van der Waals surface area contributed by atoms with E-state index in [0.717, 1.165) is 10.5 Å². The molecule has 0 bridgehead atoms. The summed E-state index contributed by atoms with van der Waals surface area (Å²) in [6, 6.07) is 4.09. The van der Waals surface area contributed by atoms with E-state index in [4.69, 9.17) is 0 Å². The zero-order chi connectivity index (χ0) is 20.3. The summed E-state index contributed by atoms with van der Waals surface area (Å²) in [6.07, 6.45) is -0.154. The Labute approximate surface area is 162 Å². The largest absolute Gasteiger partial charge is 0.392 e. The molecule has 9 heteroatoms. The Morgan fingerprint density at radius 3 is 2.57 bits per heavy atom. The number of imide groups is 2. The van der Waals surface area contributed by atoms with E-state index in [1.54, 1.807) is 25.1 Å². The number of benzene rings is 1. The molecule has 2 aliphatic heterocycles. The second-order valence-corrected chi connectivity index (χ2v) is 7.06. The third kappa shape index (κ3) is 4.27. The summed E-state index contributed by atoms with van der Waals surface area (Å²) in [5.41, 5.74) is 1.40. The Bertz CT molecular complexity index is 808. The molecule has 3 rings (SSSR count). The Hall–Kier alpha value is -2.62. The molecule has 1 fully saturated rings. The van der Waals surface area contributed by atoms with Crippen LogP contribution in [-0.2, 0) is 16.1 Å². The number of aliphatic hydroxyl groups excluding tert-OH is 1. The highest BCUT2D eigenvalue weighted by Crippen LogP contribution is 2.28. The van der Waals surface area contributed by atoms with Crippen molar-refractivity contribution in [1.82, 2.24) is 20.9 Å². The van der Waals surface area contributed by atoms with Crippen LogP contribution in [0, 0.1) is 0 Å². The molecule has 2 atom stereocenters. The maximum absolute atomic E-state index is 12.8. The van der Waals surface area contributed by atoms with E-state index in [1.165, 1.54) is 0 Å². The lowest BCUT2D eigenvalue weighted by Crippen LogP contribution is -2.54. The number of amides is 4. The van der Waals surface area contributed by atoms with Crippen molar-refractivity contribution < 1.29 is 24.3 Å². The second kappa shape index (κ2) is 8.59. The number of hydrogen-bond donors (Lipinski definition) is 4. The number of piperidine rings is 1. The predicted octanol–water partition coefficient (Wildman–Crippen LogP) is -0.852. The molecular formula is C19H24N4O5. The minimum absolute atomic E-state index is 0.0993. The highest BCUT2D eigenvalue weighted by Gasteiger charge is 2.44. The van der Waals surface area contributed by atoms with Crippen molar-refractivity contribution in [3.63, 3.8) is 0 Å². The summed E-state index contributed by atoms with van der Waals surface area (Å²) >= 11 is 0. The third-order valence-electron chi connectivity index (χ3n) is 4.75. The van der Waals surface area contributed by atoms with Crippen LogP contribution in [0.1, 0.15) is 46.0 Å². The molecule has 0 aliphatic carbocycles. The average molecular weight is 388 g/mol. The molecule has 2 aliphatic rings. The van der Waals surface area contributed by atoms with Crippen molar-refractivity contribution in [2.75, 3.05) is 19.6 Å². The zero-order valence-electron chi connectivity index (χ0n) is 15.7. The van der Waals surface area contributed by atoms with Crippen LogP contribution < -0.4 is 16.0 Å². The Morgan fingerprint density at radius 2 is 1.86 bits per heavy atom. The molecule has 9 nitrogen and oxygen atoms in total. The molecule has 2 heterocycles. The quantitative estimate of drug-likeness (QED) is 0.337. The van der Waals surface area contributed by atoms with Crippen LogP contribution in [-0.4, -0.2) is 65.4 Å². The molecule has 0 aromatic heterocycles. The third-order valence-corrected chi connectivity index (χ3v) is 4.75. The van der Waals surface area contributed by atoms with Gasteiger partial charge in [-0.1, -0.05) is 6.07 Å². The fraction of sp³-hybridized carbons (Fsp3) is 0.474. The van der Waals surface area contributed by atoms with Crippen molar-refractivity contribution in [3.05, 3.63) is 34.9 Å². The van der Waals surface area contributed by atoms with Gasteiger partial charge >= 0.3 is 0 Å². The lowest BCUT2D eigenvalue weighted by molar-refractivity contribution is -0.136. The van der Waals surface area contributed by atoms with Gasteiger partial charge in [-0.3, -0.25) is 29.4 Å². The van der Waals surface area contributed by atoms with Gasteiger partial charge in [-0.25, -0.2) is 0 Å². The normalized spacial score (nSPS) is 20.4. The van der Waals surface area contributed by atoms with Crippen LogP contribution in [0.5, 0.6) is 0 Å². The molecule has 0 radical (unpaired) electrons. The number of fused-ring (bicyclic) bond motifs is 1. The number of nitrogens with one attached hydrogen (secondary N) is 3. The van der Waals surface area contributed by atoms with Crippen LogP contribution in [0.3, 0.4) is 0 Å². The first-order valence-corrected chi connectivity index (χ1v) is 9.32. The number of rotatable bonds is 8. The molecule has 4 N–H and O–H groups in total. The molecule has 2 unspecified atom stereocenters. The van der Waals surface area contributed by atoms with Gasteiger partial charge in [-0.15, -0.1) is 0 Å². The van der Waals surface area contributed by atoms with E-state index >= 15 is 0 Å². The van der Waals surface area contributed by atoms with Crippen molar-refractivity contribution in [2.24, 2.45) is 0 Å². The van der Waals surface area contributed by atoms with Crippen LogP contribution in [0.4, 0.5) is 0 Å². The molecule has 28 heavy (non-hydrogen) atoms. The van der Waals surface area contributed by atoms with Crippen molar-refractivity contribution in [2.45, 2.75) is 38.5 Å². The van der Waals surface area contributed by atoms with E-state index < -0.39 is 35.8 Å². The van der Waals surface area contributed by atoms with E-state index in [-0.39, 0.29) is 24.0 Å². The van der Waals surface area contributed by atoms with E-state index in [9.17, 15) is 24.3 Å². The summed E-state index contributed by atoms with van der Waals surface area (Å²) in [5.74, 6) is -2.02. The molecule has 0 saturated carbocycles. The maximum Gasteiger partial charge on any atom is 0.262 e. The first-order chi connectivity index (χ1) is 13.4. The standard InChI is InChI=1S/C19H24N4O5/c1-11(24)9-20-6-7-21-10-12-2-3-13-14(8-12)19(28)23(18(13)27)15-4-5-16(25)22-17(15)26/h2-3,8,11,15,20-21,24H,4-7,9-10H2,1H3,(H,22,25,26). The lowest BCUT2D eigenvalue weighted by atomic mass is 10.0. The van der Waals surface area contributed by atoms with Gasteiger partial charge in [0.05, 0.1) is 17.2 Å². The summed E-state index contributed by atoms with van der Waals surface area (Å²) < 4.78 is 0. The topological polar surface area (TPSA) is 128 Å². The van der Waals surface area contributed by atoms with Gasteiger partial charge in [-0.2, -0.15) is 0 Å². The van der Waals surface area contributed by atoms with Crippen molar-refractivity contribution >= 4 is 23.6 Å². The lowest BCUT2D eigenvalue weighted by Gasteiger charge is -2.27. The molecule has 4 amide bonds. The minimum Gasteiger partial charge on any atom is -0.392 e. The Morgan fingerprint density at radius 1 is 1.14 bits per heavy atom. The van der Waals surface area contributed by atoms with Gasteiger partial charge in [0, 0.05) is 32.6 Å². The second-order valence-electron chi connectivity index (χ2n) is 7.06. The van der Waals surface area contributed by atoms with Crippen LogP contribution in [0.25, 0.3) is 0 Å². The predicted molar refractivity (Wildman–Crippen MR) is 99.4 cm³/mol. The first-order valence-electron chi connectivity index (χ1n) is 9.32. The molecule has 150 valence electrons. The van der Waals surface area contributed by atoms with Crippen molar-refractivity contribution in [1.29, 1.82) is 0 Å². The average Bonchev–Trinajstić information content (AvgIpc) is 2.89. The number of carbonyl (C=O) groups is 4. The summed E-state index contributed by atoms with van der Waals surface area (Å²) in [4.78, 5) is 49.7. The fourth-order valence-electron chi connectivity index (χ4n) is 3.35. The Balaban J connectivity index is 1.62. The number of nitrogens with zero attached hydrogens (tertiary/aromatic N) is 1. The SMILES string of the molecule is CC(O)CNCCNCc1ccc2c(c1)C(=O)N(C1CCC(=O)NC1=O)C2=O. The maximum atomic E-state index is 12.8. The van der Waals surface area contributed by atoms with Gasteiger partial charge in [0.25, 0.3) is 11.8 Å². The van der Waals surface area contributed by atoms with Gasteiger partial charge in [0.2, 0.25) is 11.8 Å².